The van der Waals surface area contributed by atoms with Gasteiger partial charge in [-0.2, -0.15) is 0 Å². The summed E-state index contributed by atoms with van der Waals surface area (Å²) in [6.07, 6.45) is 1.42. The Morgan fingerprint density at radius 2 is 2.00 bits per heavy atom. The standard InChI is InChI=1S/C11H8ClNO2/c1-7(14)10-6-13-15-11(10)8-2-4-9(12)5-3-8/h2-6H,1H3. The van der Waals surface area contributed by atoms with Gasteiger partial charge in [-0.15, -0.1) is 0 Å². The molecule has 0 radical (unpaired) electrons. The summed E-state index contributed by atoms with van der Waals surface area (Å²) >= 11 is 5.76. The van der Waals surface area contributed by atoms with Crippen LogP contribution in [0.1, 0.15) is 17.3 Å². The van der Waals surface area contributed by atoms with Crippen LogP contribution in [0.5, 0.6) is 0 Å². The number of hydrogen-bond acceptors (Lipinski definition) is 3. The van der Waals surface area contributed by atoms with Crippen LogP contribution in [-0.4, -0.2) is 10.9 Å². The SMILES string of the molecule is CC(=O)c1cnoc1-c1ccc(Cl)cc1. The predicted molar refractivity (Wildman–Crippen MR) is 57.0 cm³/mol. The van der Waals surface area contributed by atoms with E-state index in [1.807, 2.05) is 0 Å². The fraction of sp³-hybridized carbons (Fsp3) is 0.0909. The molecule has 0 fully saturated rings. The van der Waals surface area contributed by atoms with Gasteiger partial charge >= 0.3 is 0 Å². The monoisotopic (exact) mass is 221 g/mol. The molecule has 0 spiro atoms. The number of Topliss-reactive ketones (excluding diaryl/α,β-unsaturated/α-hetero) is 1. The van der Waals surface area contributed by atoms with Crippen LogP contribution in [-0.2, 0) is 0 Å². The molecular formula is C11H8ClNO2. The van der Waals surface area contributed by atoms with Crippen LogP contribution in [0.3, 0.4) is 0 Å². The van der Waals surface area contributed by atoms with E-state index in [0.29, 0.717) is 16.3 Å². The zero-order valence-corrected chi connectivity index (χ0v) is 8.78. The Morgan fingerprint density at radius 1 is 1.33 bits per heavy atom. The molecule has 0 aliphatic carbocycles. The molecule has 1 heterocycles. The molecule has 0 amide bonds. The van der Waals surface area contributed by atoms with Gasteiger partial charge in [0.05, 0.1) is 11.8 Å². The molecule has 76 valence electrons. The lowest BCUT2D eigenvalue weighted by Gasteiger charge is -1.97. The maximum Gasteiger partial charge on any atom is 0.177 e. The highest BCUT2D eigenvalue weighted by Crippen LogP contribution is 2.25. The van der Waals surface area contributed by atoms with Crippen LogP contribution >= 0.6 is 11.6 Å². The van der Waals surface area contributed by atoms with E-state index in [1.165, 1.54) is 13.1 Å². The van der Waals surface area contributed by atoms with Gasteiger partial charge in [-0.1, -0.05) is 16.8 Å². The van der Waals surface area contributed by atoms with Crippen molar-refractivity contribution in [2.24, 2.45) is 0 Å². The van der Waals surface area contributed by atoms with E-state index >= 15 is 0 Å². The van der Waals surface area contributed by atoms with E-state index in [1.54, 1.807) is 24.3 Å². The van der Waals surface area contributed by atoms with Gasteiger partial charge in [-0.3, -0.25) is 4.79 Å². The van der Waals surface area contributed by atoms with Crippen LogP contribution in [0.2, 0.25) is 5.02 Å². The largest absolute Gasteiger partial charge is 0.356 e. The van der Waals surface area contributed by atoms with Crippen molar-refractivity contribution in [1.29, 1.82) is 0 Å². The van der Waals surface area contributed by atoms with Crippen molar-refractivity contribution in [2.75, 3.05) is 0 Å². The molecule has 0 N–H and O–H groups in total. The molecule has 0 unspecified atom stereocenters. The van der Waals surface area contributed by atoms with E-state index in [0.717, 1.165) is 5.56 Å². The van der Waals surface area contributed by atoms with E-state index in [-0.39, 0.29) is 5.78 Å². The van der Waals surface area contributed by atoms with Gasteiger partial charge in [-0.25, -0.2) is 0 Å². The first kappa shape index (κ1) is 9.93. The fourth-order valence-corrected chi connectivity index (χ4v) is 1.43. The van der Waals surface area contributed by atoms with Crippen molar-refractivity contribution in [3.63, 3.8) is 0 Å². The summed E-state index contributed by atoms with van der Waals surface area (Å²) in [6, 6.07) is 7.05. The van der Waals surface area contributed by atoms with Crippen molar-refractivity contribution in [2.45, 2.75) is 6.92 Å². The molecule has 2 aromatic rings. The quantitative estimate of drug-likeness (QED) is 0.732. The third-order valence-corrected chi connectivity index (χ3v) is 2.31. The molecular weight excluding hydrogens is 214 g/mol. The topological polar surface area (TPSA) is 43.1 Å². The van der Waals surface area contributed by atoms with Crippen molar-refractivity contribution < 1.29 is 9.32 Å². The molecule has 0 bridgehead atoms. The van der Waals surface area contributed by atoms with E-state index in [4.69, 9.17) is 16.1 Å². The normalized spacial score (nSPS) is 10.3. The molecule has 4 heteroatoms. The van der Waals surface area contributed by atoms with Crippen LogP contribution in [0.4, 0.5) is 0 Å². The van der Waals surface area contributed by atoms with Gasteiger partial charge < -0.3 is 4.52 Å². The molecule has 0 aliphatic rings. The Balaban J connectivity index is 2.49. The summed E-state index contributed by atoms with van der Waals surface area (Å²) in [7, 11) is 0. The average Bonchev–Trinajstić information content (AvgIpc) is 2.67. The summed E-state index contributed by atoms with van der Waals surface area (Å²) in [5.74, 6) is 0.417. The molecule has 0 atom stereocenters. The number of carbonyl (C=O) groups excluding carboxylic acids is 1. The minimum absolute atomic E-state index is 0.0683. The van der Waals surface area contributed by atoms with Crippen molar-refractivity contribution in [1.82, 2.24) is 5.16 Å². The van der Waals surface area contributed by atoms with Crippen molar-refractivity contribution in [3.05, 3.63) is 41.0 Å². The highest BCUT2D eigenvalue weighted by molar-refractivity contribution is 6.30. The summed E-state index contributed by atoms with van der Waals surface area (Å²) in [4.78, 5) is 11.2. The number of nitrogens with zero attached hydrogens (tertiary/aromatic N) is 1. The highest BCUT2D eigenvalue weighted by atomic mass is 35.5. The minimum atomic E-state index is -0.0683. The summed E-state index contributed by atoms with van der Waals surface area (Å²) in [6.45, 7) is 1.48. The lowest BCUT2D eigenvalue weighted by molar-refractivity contribution is 0.101. The maximum atomic E-state index is 11.2. The Kier molecular flexibility index (Phi) is 2.56. The lowest BCUT2D eigenvalue weighted by atomic mass is 10.1. The third kappa shape index (κ3) is 1.92. The van der Waals surface area contributed by atoms with Gasteiger partial charge in [0.1, 0.15) is 0 Å². The fourth-order valence-electron chi connectivity index (χ4n) is 1.30. The Bertz CT molecular complexity index is 488. The van der Waals surface area contributed by atoms with Gasteiger partial charge in [0.15, 0.2) is 11.5 Å². The van der Waals surface area contributed by atoms with Crippen LogP contribution < -0.4 is 0 Å². The molecule has 0 saturated heterocycles. The predicted octanol–water partition coefficient (Wildman–Crippen LogP) is 3.20. The number of carbonyl (C=O) groups is 1. The first-order valence-corrected chi connectivity index (χ1v) is 4.78. The molecule has 1 aromatic carbocycles. The zero-order valence-electron chi connectivity index (χ0n) is 8.03. The second kappa shape index (κ2) is 3.87. The van der Waals surface area contributed by atoms with Crippen molar-refractivity contribution >= 4 is 17.4 Å². The molecule has 0 aliphatic heterocycles. The summed E-state index contributed by atoms with van der Waals surface area (Å²) < 4.78 is 5.04. The highest BCUT2D eigenvalue weighted by Gasteiger charge is 2.13. The van der Waals surface area contributed by atoms with Gasteiger partial charge in [0.2, 0.25) is 0 Å². The number of rotatable bonds is 2. The lowest BCUT2D eigenvalue weighted by Crippen LogP contribution is -1.91. The first-order chi connectivity index (χ1) is 7.18. The second-order valence-corrected chi connectivity index (χ2v) is 3.57. The van der Waals surface area contributed by atoms with Crippen LogP contribution in [0.25, 0.3) is 11.3 Å². The molecule has 15 heavy (non-hydrogen) atoms. The average molecular weight is 222 g/mol. The first-order valence-electron chi connectivity index (χ1n) is 4.40. The Hall–Kier alpha value is -1.61. The van der Waals surface area contributed by atoms with Gasteiger partial charge in [0.25, 0.3) is 0 Å². The summed E-state index contributed by atoms with van der Waals surface area (Å²) in [5, 5.41) is 4.25. The van der Waals surface area contributed by atoms with E-state index < -0.39 is 0 Å². The molecule has 1 aromatic heterocycles. The van der Waals surface area contributed by atoms with E-state index in [2.05, 4.69) is 5.16 Å². The number of ketones is 1. The smallest absolute Gasteiger partial charge is 0.177 e. The van der Waals surface area contributed by atoms with Gasteiger partial charge in [0, 0.05) is 10.6 Å². The number of aromatic nitrogens is 1. The molecule has 3 nitrogen and oxygen atoms in total. The van der Waals surface area contributed by atoms with Crippen LogP contribution in [0, 0.1) is 0 Å². The number of benzene rings is 1. The second-order valence-electron chi connectivity index (χ2n) is 3.13. The summed E-state index contributed by atoms with van der Waals surface area (Å²) in [5.41, 5.74) is 1.28. The molecule has 2 rings (SSSR count). The molecule has 0 saturated carbocycles. The van der Waals surface area contributed by atoms with Crippen LogP contribution in [0.15, 0.2) is 35.0 Å². The number of hydrogen-bond donors (Lipinski definition) is 0. The zero-order chi connectivity index (χ0) is 10.8. The Morgan fingerprint density at radius 3 is 2.60 bits per heavy atom. The Labute approximate surface area is 91.6 Å². The van der Waals surface area contributed by atoms with Crippen molar-refractivity contribution in [3.8, 4) is 11.3 Å². The maximum absolute atomic E-state index is 11.2. The minimum Gasteiger partial charge on any atom is -0.356 e. The number of halogens is 1. The van der Waals surface area contributed by atoms with Gasteiger partial charge in [-0.05, 0) is 31.2 Å². The third-order valence-electron chi connectivity index (χ3n) is 2.06. The van der Waals surface area contributed by atoms with E-state index in [9.17, 15) is 4.79 Å².